The smallest absolute Gasteiger partial charge is 0.224 e. The van der Waals surface area contributed by atoms with E-state index in [-0.39, 0.29) is 11.9 Å². The van der Waals surface area contributed by atoms with Gasteiger partial charge in [0.1, 0.15) is 5.75 Å². The molecule has 1 aliphatic carbocycles. The van der Waals surface area contributed by atoms with E-state index in [0.29, 0.717) is 6.42 Å². The second kappa shape index (κ2) is 6.65. The first-order chi connectivity index (χ1) is 10.8. The minimum atomic E-state index is 0.0520. The van der Waals surface area contributed by atoms with E-state index in [4.69, 9.17) is 4.74 Å². The average Bonchev–Trinajstić information content (AvgIpc) is 2.55. The van der Waals surface area contributed by atoms with Crippen LogP contribution in [-0.4, -0.2) is 13.0 Å². The standard InChI is InChI=1S/C19H21NO2/c1-22-17-12-6-10-15-9-5-11-16(19(15)17)20-18(21)13-14-7-3-2-4-8-14/h2-4,6-8,10,12,16H,5,9,11,13H2,1H3,(H,20,21). The number of hydrogen-bond acceptors (Lipinski definition) is 2. The SMILES string of the molecule is COc1cccc2c1C(NC(=O)Cc1ccccc1)CCC2. The Balaban J connectivity index is 1.76. The van der Waals surface area contributed by atoms with Crippen LogP contribution < -0.4 is 10.1 Å². The van der Waals surface area contributed by atoms with Gasteiger partial charge in [0.2, 0.25) is 5.91 Å². The minimum absolute atomic E-state index is 0.0520. The van der Waals surface area contributed by atoms with Gasteiger partial charge in [-0.25, -0.2) is 0 Å². The van der Waals surface area contributed by atoms with Gasteiger partial charge in [-0.05, 0) is 36.5 Å². The summed E-state index contributed by atoms with van der Waals surface area (Å²) in [6, 6.07) is 16.0. The van der Waals surface area contributed by atoms with Gasteiger partial charge in [-0.1, -0.05) is 42.5 Å². The molecule has 3 nitrogen and oxygen atoms in total. The van der Waals surface area contributed by atoms with Crippen molar-refractivity contribution in [2.24, 2.45) is 0 Å². The maximum absolute atomic E-state index is 12.3. The Labute approximate surface area is 131 Å². The van der Waals surface area contributed by atoms with Gasteiger partial charge in [-0.2, -0.15) is 0 Å². The zero-order chi connectivity index (χ0) is 15.4. The molecule has 0 saturated heterocycles. The summed E-state index contributed by atoms with van der Waals surface area (Å²) in [5, 5.41) is 3.18. The Morgan fingerprint density at radius 1 is 1.18 bits per heavy atom. The van der Waals surface area contributed by atoms with Crippen molar-refractivity contribution in [3.05, 3.63) is 65.2 Å². The van der Waals surface area contributed by atoms with Crippen LogP contribution in [0.2, 0.25) is 0 Å². The fourth-order valence-electron chi connectivity index (χ4n) is 3.19. The van der Waals surface area contributed by atoms with E-state index in [9.17, 15) is 4.79 Å². The predicted molar refractivity (Wildman–Crippen MR) is 87.0 cm³/mol. The maximum Gasteiger partial charge on any atom is 0.224 e. The maximum atomic E-state index is 12.3. The second-order valence-corrected chi connectivity index (χ2v) is 5.71. The molecule has 0 aliphatic heterocycles. The Morgan fingerprint density at radius 3 is 2.77 bits per heavy atom. The monoisotopic (exact) mass is 295 g/mol. The Hall–Kier alpha value is -2.29. The highest BCUT2D eigenvalue weighted by atomic mass is 16.5. The summed E-state index contributed by atoms with van der Waals surface area (Å²) < 4.78 is 5.49. The van der Waals surface area contributed by atoms with Gasteiger partial charge < -0.3 is 10.1 Å². The van der Waals surface area contributed by atoms with Crippen molar-refractivity contribution in [1.29, 1.82) is 0 Å². The Bertz CT molecular complexity index is 637. The van der Waals surface area contributed by atoms with E-state index < -0.39 is 0 Å². The summed E-state index contributed by atoms with van der Waals surface area (Å²) in [5.74, 6) is 0.942. The topological polar surface area (TPSA) is 38.3 Å². The van der Waals surface area contributed by atoms with Gasteiger partial charge in [0, 0.05) is 5.56 Å². The fraction of sp³-hybridized carbons (Fsp3) is 0.316. The number of carbonyl (C=O) groups excluding carboxylic acids is 1. The lowest BCUT2D eigenvalue weighted by Crippen LogP contribution is -2.32. The number of benzene rings is 2. The van der Waals surface area contributed by atoms with Crippen LogP contribution in [0.4, 0.5) is 0 Å². The number of rotatable bonds is 4. The summed E-state index contributed by atoms with van der Waals surface area (Å²) in [6.07, 6.45) is 3.53. The first-order valence-electron chi connectivity index (χ1n) is 7.77. The summed E-state index contributed by atoms with van der Waals surface area (Å²) in [5.41, 5.74) is 3.48. The molecular weight excluding hydrogens is 274 g/mol. The van der Waals surface area contributed by atoms with E-state index in [1.54, 1.807) is 7.11 Å². The molecule has 1 N–H and O–H groups in total. The van der Waals surface area contributed by atoms with Crippen LogP contribution in [0.25, 0.3) is 0 Å². The first kappa shape index (κ1) is 14.6. The fourth-order valence-corrected chi connectivity index (χ4v) is 3.19. The van der Waals surface area contributed by atoms with E-state index in [1.165, 1.54) is 5.56 Å². The van der Waals surface area contributed by atoms with Crippen LogP contribution in [0.1, 0.15) is 35.6 Å². The lowest BCUT2D eigenvalue weighted by Gasteiger charge is -2.28. The number of ether oxygens (including phenoxy) is 1. The summed E-state index contributed by atoms with van der Waals surface area (Å²) in [7, 11) is 1.69. The number of methoxy groups -OCH3 is 1. The van der Waals surface area contributed by atoms with Crippen molar-refractivity contribution in [2.45, 2.75) is 31.7 Å². The van der Waals surface area contributed by atoms with Gasteiger partial charge in [-0.3, -0.25) is 4.79 Å². The minimum Gasteiger partial charge on any atom is -0.496 e. The molecule has 0 heterocycles. The van der Waals surface area contributed by atoms with Crippen LogP contribution >= 0.6 is 0 Å². The zero-order valence-corrected chi connectivity index (χ0v) is 12.8. The van der Waals surface area contributed by atoms with Gasteiger partial charge in [0.25, 0.3) is 0 Å². The van der Waals surface area contributed by atoms with Crippen molar-refractivity contribution < 1.29 is 9.53 Å². The number of amides is 1. The van der Waals surface area contributed by atoms with Crippen LogP contribution in [-0.2, 0) is 17.6 Å². The van der Waals surface area contributed by atoms with Crippen molar-refractivity contribution in [3.8, 4) is 5.75 Å². The summed E-state index contributed by atoms with van der Waals surface area (Å²) in [4.78, 5) is 12.3. The molecule has 2 aromatic carbocycles. The van der Waals surface area contributed by atoms with Gasteiger partial charge in [0.15, 0.2) is 0 Å². The summed E-state index contributed by atoms with van der Waals surface area (Å²) in [6.45, 7) is 0. The van der Waals surface area contributed by atoms with Crippen LogP contribution in [0.15, 0.2) is 48.5 Å². The first-order valence-corrected chi connectivity index (χ1v) is 7.77. The normalized spacial score (nSPS) is 16.7. The quantitative estimate of drug-likeness (QED) is 0.938. The number of carbonyl (C=O) groups is 1. The van der Waals surface area contributed by atoms with Crippen molar-refractivity contribution in [1.82, 2.24) is 5.32 Å². The Morgan fingerprint density at radius 2 is 2.00 bits per heavy atom. The molecule has 1 unspecified atom stereocenters. The molecule has 3 rings (SSSR count). The molecule has 0 aromatic heterocycles. The zero-order valence-electron chi connectivity index (χ0n) is 12.8. The molecule has 0 radical (unpaired) electrons. The third-order valence-corrected chi connectivity index (χ3v) is 4.21. The number of fused-ring (bicyclic) bond motifs is 1. The van der Waals surface area contributed by atoms with Crippen LogP contribution in [0.5, 0.6) is 5.75 Å². The molecule has 0 spiro atoms. The number of aryl methyl sites for hydroxylation is 1. The average molecular weight is 295 g/mol. The van der Waals surface area contributed by atoms with Crippen molar-refractivity contribution >= 4 is 5.91 Å². The molecule has 114 valence electrons. The van der Waals surface area contributed by atoms with Gasteiger partial charge in [0.05, 0.1) is 19.6 Å². The molecule has 1 amide bonds. The summed E-state index contributed by atoms with van der Waals surface area (Å²) >= 11 is 0. The van der Waals surface area contributed by atoms with Crippen LogP contribution in [0, 0.1) is 0 Å². The lowest BCUT2D eigenvalue weighted by atomic mass is 9.87. The molecule has 0 saturated carbocycles. The highest BCUT2D eigenvalue weighted by molar-refractivity contribution is 5.79. The van der Waals surface area contributed by atoms with Crippen LogP contribution in [0.3, 0.4) is 0 Å². The van der Waals surface area contributed by atoms with Crippen molar-refractivity contribution in [2.75, 3.05) is 7.11 Å². The van der Waals surface area contributed by atoms with E-state index >= 15 is 0 Å². The van der Waals surface area contributed by atoms with Crippen molar-refractivity contribution in [3.63, 3.8) is 0 Å². The molecular formula is C19H21NO2. The third-order valence-electron chi connectivity index (χ3n) is 4.21. The molecule has 22 heavy (non-hydrogen) atoms. The molecule has 3 heteroatoms. The molecule has 0 bridgehead atoms. The Kier molecular flexibility index (Phi) is 4.42. The second-order valence-electron chi connectivity index (χ2n) is 5.71. The molecule has 1 atom stereocenters. The molecule has 0 fully saturated rings. The largest absolute Gasteiger partial charge is 0.496 e. The van der Waals surface area contributed by atoms with E-state index in [2.05, 4.69) is 11.4 Å². The van der Waals surface area contributed by atoms with Gasteiger partial charge >= 0.3 is 0 Å². The highest BCUT2D eigenvalue weighted by Crippen LogP contribution is 2.36. The predicted octanol–water partition coefficient (Wildman–Crippen LogP) is 3.43. The van der Waals surface area contributed by atoms with E-state index in [0.717, 1.165) is 36.1 Å². The van der Waals surface area contributed by atoms with E-state index in [1.807, 2.05) is 42.5 Å². The molecule has 2 aromatic rings. The number of hydrogen-bond donors (Lipinski definition) is 1. The molecule has 1 aliphatic rings. The highest BCUT2D eigenvalue weighted by Gasteiger charge is 2.25. The van der Waals surface area contributed by atoms with Gasteiger partial charge in [-0.15, -0.1) is 0 Å². The third kappa shape index (κ3) is 3.14. The lowest BCUT2D eigenvalue weighted by molar-refractivity contribution is -0.121. The number of nitrogens with one attached hydrogen (secondary N) is 1.